The van der Waals surface area contributed by atoms with Crippen LogP contribution >= 0.6 is 11.3 Å². The Morgan fingerprint density at radius 2 is 2.00 bits per heavy atom. The van der Waals surface area contributed by atoms with E-state index >= 15 is 0 Å². The Morgan fingerprint density at radius 3 is 2.76 bits per heavy atom. The van der Waals surface area contributed by atoms with Gasteiger partial charge in [-0.05, 0) is 40.8 Å². The van der Waals surface area contributed by atoms with Gasteiger partial charge in [-0.1, -0.05) is 18.2 Å². The minimum absolute atomic E-state index is 0.0724. The van der Waals surface area contributed by atoms with Crippen molar-refractivity contribution >= 4 is 32.8 Å². The molecule has 4 rings (SSSR count). The minimum atomic E-state index is -4.11. The van der Waals surface area contributed by atoms with Crippen molar-refractivity contribution in [2.75, 3.05) is 4.31 Å². The van der Waals surface area contributed by atoms with E-state index in [4.69, 9.17) is 0 Å². The van der Waals surface area contributed by atoms with E-state index < -0.39 is 21.6 Å². The Labute approximate surface area is 171 Å². The predicted molar refractivity (Wildman–Crippen MR) is 109 cm³/mol. The zero-order valence-corrected chi connectivity index (χ0v) is 16.7. The molecule has 0 spiro atoms. The highest BCUT2D eigenvalue weighted by atomic mass is 32.2. The molecule has 0 unspecified atom stereocenters. The van der Waals surface area contributed by atoms with Gasteiger partial charge in [0.15, 0.2) is 4.91 Å². The SMILES string of the molecule is O=C1/C(=C/NCc2cccnc2)S(=O)(=O)N(Cc2cccc(F)c2)c2ccsc21. The fourth-order valence-corrected chi connectivity index (χ4v) is 5.53. The van der Waals surface area contributed by atoms with Crippen LogP contribution in [-0.4, -0.2) is 19.2 Å². The van der Waals surface area contributed by atoms with Crippen LogP contribution in [0.2, 0.25) is 0 Å². The molecular formula is C20H16FN3O3S2. The van der Waals surface area contributed by atoms with Gasteiger partial charge in [0.1, 0.15) is 10.7 Å². The summed E-state index contributed by atoms with van der Waals surface area (Å²) >= 11 is 1.18. The van der Waals surface area contributed by atoms with E-state index in [-0.39, 0.29) is 11.4 Å². The van der Waals surface area contributed by atoms with Gasteiger partial charge in [0.25, 0.3) is 10.0 Å². The summed E-state index contributed by atoms with van der Waals surface area (Å²) in [6.45, 7) is 0.248. The van der Waals surface area contributed by atoms with Crippen LogP contribution in [0.15, 0.2) is 71.3 Å². The monoisotopic (exact) mass is 429 g/mol. The molecule has 0 fully saturated rings. The average molecular weight is 429 g/mol. The van der Waals surface area contributed by atoms with E-state index in [1.165, 1.54) is 35.7 Å². The van der Waals surface area contributed by atoms with Gasteiger partial charge in [-0.15, -0.1) is 11.3 Å². The number of benzene rings is 1. The number of hydrogen-bond donors (Lipinski definition) is 1. The molecule has 3 aromatic rings. The smallest absolute Gasteiger partial charge is 0.270 e. The maximum absolute atomic E-state index is 13.6. The van der Waals surface area contributed by atoms with Crippen molar-refractivity contribution in [1.29, 1.82) is 0 Å². The molecule has 148 valence electrons. The maximum atomic E-state index is 13.6. The summed E-state index contributed by atoms with van der Waals surface area (Å²) in [4.78, 5) is 16.8. The number of anilines is 1. The summed E-state index contributed by atoms with van der Waals surface area (Å²) in [5, 5.41) is 4.56. The van der Waals surface area contributed by atoms with Gasteiger partial charge in [0, 0.05) is 25.1 Å². The summed E-state index contributed by atoms with van der Waals surface area (Å²) in [6.07, 6.45) is 4.52. The van der Waals surface area contributed by atoms with Crippen LogP contribution in [0.5, 0.6) is 0 Å². The number of carbonyl (C=O) groups excluding carboxylic acids is 1. The number of aromatic nitrogens is 1. The number of hydrogen-bond acceptors (Lipinski definition) is 6. The molecule has 0 amide bonds. The van der Waals surface area contributed by atoms with Gasteiger partial charge >= 0.3 is 0 Å². The van der Waals surface area contributed by atoms with Crippen LogP contribution in [0.4, 0.5) is 10.1 Å². The molecule has 3 heterocycles. The van der Waals surface area contributed by atoms with Crippen LogP contribution in [0, 0.1) is 5.82 Å². The Kier molecular flexibility index (Phi) is 5.16. The number of allylic oxidation sites excluding steroid dienone is 1. The fourth-order valence-electron chi connectivity index (χ4n) is 3.02. The number of ketones is 1. The molecule has 0 radical (unpaired) electrons. The summed E-state index contributed by atoms with van der Waals surface area (Å²) in [7, 11) is -4.11. The topological polar surface area (TPSA) is 79.4 Å². The van der Waals surface area contributed by atoms with E-state index in [1.54, 1.807) is 36.0 Å². The third kappa shape index (κ3) is 3.79. The van der Waals surface area contributed by atoms with E-state index in [1.807, 2.05) is 6.07 Å². The van der Waals surface area contributed by atoms with Gasteiger partial charge in [-0.2, -0.15) is 0 Å². The molecule has 0 saturated carbocycles. The Morgan fingerprint density at radius 1 is 1.17 bits per heavy atom. The molecule has 0 atom stereocenters. The van der Waals surface area contributed by atoms with Gasteiger partial charge in [0.05, 0.1) is 12.2 Å². The quantitative estimate of drug-likeness (QED) is 0.629. The second-order valence-electron chi connectivity index (χ2n) is 6.36. The summed E-state index contributed by atoms with van der Waals surface area (Å²) in [5.41, 5.74) is 1.65. The molecule has 9 heteroatoms. The molecule has 2 aromatic heterocycles. The lowest BCUT2D eigenvalue weighted by Crippen LogP contribution is -2.38. The first kappa shape index (κ1) is 19.3. The predicted octanol–water partition coefficient (Wildman–Crippen LogP) is 3.45. The summed E-state index contributed by atoms with van der Waals surface area (Å²) < 4.78 is 41.1. The highest BCUT2D eigenvalue weighted by molar-refractivity contribution is 7.97. The lowest BCUT2D eigenvalue weighted by atomic mass is 10.2. The van der Waals surface area contributed by atoms with Crippen molar-refractivity contribution in [3.63, 3.8) is 0 Å². The number of carbonyl (C=O) groups is 1. The molecular weight excluding hydrogens is 413 g/mol. The van der Waals surface area contributed by atoms with E-state index in [2.05, 4.69) is 10.3 Å². The highest BCUT2D eigenvalue weighted by Crippen LogP contribution is 2.39. The summed E-state index contributed by atoms with van der Waals surface area (Å²) in [6, 6.07) is 10.9. The minimum Gasteiger partial charge on any atom is -0.386 e. The zero-order valence-electron chi connectivity index (χ0n) is 15.1. The summed E-state index contributed by atoms with van der Waals surface area (Å²) in [5.74, 6) is -1.00. The highest BCUT2D eigenvalue weighted by Gasteiger charge is 2.41. The number of fused-ring (bicyclic) bond motifs is 1. The van der Waals surface area contributed by atoms with Crippen molar-refractivity contribution in [3.05, 3.63) is 93.2 Å². The van der Waals surface area contributed by atoms with Gasteiger partial charge in [-0.3, -0.25) is 14.1 Å². The molecule has 0 aliphatic carbocycles. The number of pyridine rings is 1. The molecule has 1 aromatic carbocycles. The Bertz CT molecular complexity index is 1190. The van der Waals surface area contributed by atoms with Crippen molar-refractivity contribution in [2.45, 2.75) is 13.1 Å². The Balaban J connectivity index is 1.68. The second-order valence-corrected chi connectivity index (χ2v) is 9.10. The van der Waals surface area contributed by atoms with E-state index in [9.17, 15) is 17.6 Å². The number of nitrogens with one attached hydrogen (secondary N) is 1. The fraction of sp³-hybridized carbons (Fsp3) is 0.100. The zero-order chi connectivity index (χ0) is 20.4. The third-order valence-electron chi connectivity index (χ3n) is 4.39. The normalized spacial score (nSPS) is 16.7. The lowest BCUT2D eigenvalue weighted by molar-refractivity contribution is 0.104. The van der Waals surface area contributed by atoms with Gasteiger partial charge in [0.2, 0.25) is 5.78 Å². The van der Waals surface area contributed by atoms with Crippen LogP contribution in [0.1, 0.15) is 20.8 Å². The van der Waals surface area contributed by atoms with Crippen LogP contribution in [0.3, 0.4) is 0 Å². The lowest BCUT2D eigenvalue weighted by Gasteiger charge is -2.29. The number of rotatable bonds is 5. The molecule has 29 heavy (non-hydrogen) atoms. The first-order valence-electron chi connectivity index (χ1n) is 8.68. The Hall–Kier alpha value is -3.04. The van der Waals surface area contributed by atoms with Crippen LogP contribution in [-0.2, 0) is 23.1 Å². The third-order valence-corrected chi connectivity index (χ3v) is 7.06. The van der Waals surface area contributed by atoms with Gasteiger partial charge in [-0.25, -0.2) is 12.8 Å². The molecule has 1 aliphatic rings. The number of thiophene rings is 1. The molecule has 1 aliphatic heterocycles. The van der Waals surface area contributed by atoms with Crippen LogP contribution < -0.4 is 9.62 Å². The first-order valence-corrected chi connectivity index (χ1v) is 11.0. The van der Waals surface area contributed by atoms with Crippen molar-refractivity contribution < 1.29 is 17.6 Å². The van der Waals surface area contributed by atoms with Crippen molar-refractivity contribution in [2.24, 2.45) is 0 Å². The molecule has 1 N–H and O–H groups in total. The molecule has 0 bridgehead atoms. The van der Waals surface area contributed by atoms with E-state index in [0.717, 1.165) is 9.87 Å². The average Bonchev–Trinajstić information content (AvgIpc) is 3.18. The number of Topliss-reactive ketones (excluding diaryl/α,β-unsaturated/α-hetero) is 1. The number of sulfonamides is 1. The maximum Gasteiger partial charge on any atom is 0.270 e. The molecule has 6 nitrogen and oxygen atoms in total. The van der Waals surface area contributed by atoms with Crippen molar-refractivity contribution in [3.8, 4) is 0 Å². The number of halogens is 1. The molecule has 0 saturated heterocycles. The van der Waals surface area contributed by atoms with Crippen LogP contribution in [0.25, 0.3) is 0 Å². The van der Waals surface area contributed by atoms with Crippen molar-refractivity contribution in [1.82, 2.24) is 10.3 Å². The largest absolute Gasteiger partial charge is 0.386 e. The standard InChI is InChI=1S/C20H16FN3O3S2/c21-16-5-1-3-14(9-16)13-24-17-6-8-28-20(17)19(25)18(29(24,26)27)12-23-11-15-4-2-7-22-10-15/h1-10,12,23H,11,13H2/b18-12-. The first-order chi connectivity index (χ1) is 14.0. The van der Waals surface area contributed by atoms with E-state index in [0.29, 0.717) is 22.7 Å². The van der Waals surface area contributed by atoms with Gasteiger partial charge < -0.3 is 5.32 Å². The number of nitrogens with zero attached hydrogens (tertiary/aromatic N) is 2. The second kappa shape index (κ2) is 7.76.